The van der Waals surface area contributed by atoms with Crippen LogP contribution < -0.4 is 10.1 Å². The second-order valence-electron chi connectivity index (χ2n) is 8.65. The molecule has 1 aliphatic carbocycles. The van der Waals surface area contributed by atoms with Crippen LogP contribution in [-0.4, -0.2) is 35.4 Å². The molecule has 32 heavy (non-hydrogen) atoms. The first-order valence-corrected chi connectivity index (χ1v) is 11.9. The molecule has 0 saturated heterocycles. The number of hydrogen-bond acceptors (Lipinski definition) is 3. The highest BCUT2D eigenvalue weighted by Gasteiger charge is 2.31. The first kappa shape index (κ1) is 23.8. The van der Waals surface area contributed by atoms with Crippen molar-refractivity contribution in [2.45, 2.75) is 77.9 Å². The van der Waals surface area contributed by atoms with Gasteiger partial charge in [0.05, 0.1) is 0 Å². The van der Waals surface area contributed by atoms with Crippen LogP contribution in [0.5, 0.6) is 5.75 Å². The van der Waals surface area contributed by atoms with Crippen LogP contribution in [0, 0.1) is 6.92 Å². The third-order valence-corrected chi connectivity index (χ3v) is 6.38. The molecule has 0 spiro atoms. The van der Waals surface area contributed by atoms with Crippen molar-refractivity contribution in [3.05, 3.63) is 65.2 Å². The Morgan fingerprint density at radius 1 is 1.06 bits per heavy atom. The monoisotopic (exact) mass is 436 g/mol. The van der Waals surface area contributed by atoms with Gasteiger partial charge in [0, 0.05) is 12.6 Å². The van der Waals surface area contributed by atoms with Gasteiger partial charge >= 0.3 is 0 Å². The Balaban J connectivity index is 1.75. The second kappa shape index (κ2) is 11.7. The minimum Gasteiger partial charge on any atom is -0.484 e. The summed E-state index contributed by atoms with van der Waals surface area (Å²) in [6.07, 6.45) is 5.85. The van der Waals surface area contributed by atoms with E-state index >= 15 is 0 Å². The van der Waals surface area contributed by atoms with Crippen molar-refractivity contribution in [2.24, 2.45) is 0 Å². The SMILES string of the molecule is CCc1ccc(OCC(=O)N(Cc2ccccc2C)[C@H](CC)C(=O)NC2CCCC2)cc1. The molecule has 2 aromatic rings. The molecule has 2 amide bonds. The maximum atomic E-state index is 13.3. The largest absolute Gasteiger partial charge is 0.484 e. The molecule has 1 saturated carbocycles. The van der Waals surface area contributed by atoms with Gasteiger partial charge in [0.2, 0.25) is 5.91 Å². The molecule has 5 heteroatoms. The average Bonchev–Trinajstić information content (AvgIpc) is 3.32. The molecule has 1 atom stereocenters. The van der Waals surface area contributed by atoms with Gasteiger partial charge in [-0.3, -0.25) is 9.59 Å². The van der Waals surface area contributed by atoms with Gasteiger partial charge in [-0.2, -0.15) is 0 Å². The van der Waals surface area contributed by atoms with E-state index in [0.29, 0.717) is 18.7 Å². The van der Waals surface area contributed by atoms with Crippen LogP contribution in [-0.2, 0) is 22.6 Å². The summed E-state index contributed by atoms with van der Waals surface area (Å²) in [5, 5.41) is 3.18. The summed E-state index contributed by atoms with van der Waals surface area (Å²) in [6.45, 7) is 6.39. The molecule has 1 fully saturated rings. The number of carbonyl (C=O) groups excluding carboxylic acids is 2. The first-order valence-electron chi connectivity index (χ1n) is 11.9. The fourth-order valence-electron chi connectivity index (χ4n) is 4.31. The molecule has 0 heterocycles. The van der Waals surface area contributed by atoms with Gasteiger partial charge in [0.25, 0.3) is 5.91 Å². The Morgan fingerprint density at radius 3 is 2.38 bits per heavy atom. The Labute approximate surface area is 192 Å². The molecule has 5 nitrogen and oxygen atoms in total. The van der Waals surface area contributed by atoms with Gasteiger partial charge in [-0.25, -0.2) is 0 Å². The van der Waals surface area contributed by atoms with Gasteiger partial charge < -0.3 is 15.0 Å². The van der Waals surface area contributed by atoms with E-state index in [1.807, 2.05) is 62.4 Å². The minimum absolute atomic E-state index is 0.0615. The van der Waals surface area contributed by atoms with Crippen molar-refractivity contribution in [1.82, 2.24) is 10.2 Å². The lowest BCUT2D eigenvalue weighted by Crippen LogP contribution is -2.52. The van der Waals surface area contributed by atoms with Crippen LogP contribution in [0.3, 0.4) is 0 Å². The van der Waals surface area contributed by atoms with Crippen molar-refractivity contribution in [3.8, 4) is 5.75 Å². The lowest BCUT2D eigenvalue weighted by Gasteiger charge is -2.32. The molecular weight excluding hydrogens is 400 g/mol. The van der Waals surface area contributed by atoms with Crippen molar-refractivity contribution in [2.75, 3.05) is 6.61 Å². The zero-order valence-electron chi connectivity index (χ0n) is 19.6. The summed E-state index contributed by atoms with van der Waals surface area (Å²) in [5.74, 6) is 0.421. The number of ether oxygens (including phenoxy) is 1. The topological polar surface area (TPSA) is 58.6 Å². The number of aryl methyl sites for hydroxylation is 2. The van der Waals surface area contributed by atoms with Crippen molar-refractivity contribution < 1.29 is 14.3 Å². The Hall–Kier alpha value is -2.82. The summed E-state index contributed by atoms with van der Waals surface area (Å²) >= 11 is 0. The molecule has 2 aromatic carbocycles. The quantitative estimate of drug-likeness (QED) is 0.582. The van der Waals surface area contributed by atoms with Crippen molar-refractivity contribution in [1.29, 1.82) is 0 Å². The third kappa shape index (κ3) is 6.35. The maximum absolute atomic E-state index is 13.3. The Kier molecular flexibility index (Phi) is 8.72. The standard InChI is InChI=1S/C27H36N2O3/c1-4-21-14-16-24(17-15-21)32-19-26(30)29(18-22-11-7-6-10-20(22)3)25(5-2)27(31)28-23-12-8-9-13-23/h6-7,10-11,14-17,23,25H,4-5,8-9,12-13,18-19H2,1-3H3,(H,28,31)/t25-/m1/s1. The highest BCUT2D eigenvalue weighted by atomic mass is 16.5. The van der Waals surface area contributed by atoms with E-state index in [9.17, 15) is 9.59 Å². The Bertz CT molecular complexity index is 888. The zero-order valence-corrected chi connectivity index (χ0v) is 19.6. The fourth-order valence-corrected chi connectivity index (χ4v) is 4.31. The normalized spacial score (nSPS) is 14.7. The van der Waals surface area contributed by atoms with Crippen LogP contribution in [0.1, 0.15) is 62.6 Å². The van der Waals surface area contributed by atoms with E-state index < -0.39 is 6.04 Å². The summed E-state index contributed by atoms with van der Waals surface area (Å²) < 4.78 is 5.80. The van der Waals surface area contributed by atoms with Gasteiger partial charge in [-0.1, -0.05) is 63.1 Å². The predicted octanol–water partition coefficient (Wildman–Crippen LogP) is 4.80. The highest BCUT2D eigenvalue weighted by molar-refractivity contribution is 5.88. The first-order chi connectivity index (χ1) is 15.5. The summed E-state index contributed by atoms with van der Waals surface area (Å²) in [5.41, 5.74) is 3.37. The molecule has 172 valence electrons. The second-order valence-corrected chi connectivity index (χ2v) is 8.65. The van der Waals surface area contributed by atoms with Crippen LogP contribution >= 0.6 is 0 Å². The van der Waals surface area contributed by atoms with E-state index in [-0.39, 0.29) is 24.5 Å². The lowest BCUT2D eigenvalue weighted by atomic mass is 10.1. The molecule has 0 bridgehead atoms. The van der Waals surface area contributed by atoms with Gasteiger partial charge in [-0.05, 0) is 61.4 Å². The maximum Gasteiger partial charge on any atom is 0.261 e. The number of nitrogens with zero attached hydrogens (tertiary/aromatic N) is 1. The number of benzene rings is 2. The molecule has 0 radical (unpaired) electrons. The van der Waals surface area contributed by atoms with Crippen LogP contribution in [0.4, 0.5) is 0 Å². The van der Waals surface area contributed by atoms with E-state index in [4.69, 9.17) is 4.74 Å². The third-order valence-electron chi connectivity index (χ3n) is 6.38. The van der Waals surface area contributed by atoms with Gasteiger partial charge in [-0.15, -0.1) is 0 Å². The van der Waals surface area contributed by atoms with Gasteiger partial charge in [0.15, 0.2) is 6.61 Å². The zero-order chi connectivity index (χ0) is 22.9. The molecule has 0 aliphatic heterocycles. The van der Waals surface area contributed by atoms with E-state index in [1.54, 1.807) is 4.90 Å². The number of rotatable bonds is 10. The molecule has 3 rings (SSSR count). The van der Waals surface area contributed by atoms with Crippen LogP contribution in [0.15, 0.2) is 48.5 Å². The smallest absolute Gasteiger partial charge is 0.261 e. The van der Waals surface area contributed by atoms with Crippen LogP contribution in [0.25, 0.3) is 0 Å². The molecule has 1 aliphatic rings. The van der Waals surface area contributed by atoms with Crippen LogP contribution in [0.2, 0.25) is 0 Å². The van der Waals surface area contributed by atoms with E-state index in [1.165, 1.54) is 5.56 Å². The highest BCUT2D eigenvalue weighted by Crippen LogP contribution is 2.20. The predicted molar refractivity (Wildman–Crippen MR) is 128 cm³/mol. The molecule has 0 aromatic heterocycles. The number of hydrogen-bond donors (Lipinski definition) is 1. The summed E-state index contributed by atoms with van der Waals surface area (Å²) in [7, 11) is 0. The molecular formula is C27H36N2O3. The minimum atomic E-state index is -0.520. The molecule has 1 N–H and O–H groups in total. The molecule has 0 unspecified atom stereocenters. The summed E-state index contributed by atoms with van der Waals surface area (Å²) in [6, 6.07) is 15.5. The fraction of sp³-hybridized carbons (Fsp3) is 0.481. The number of carbonyl (C=O) groups is 2. The lowest BCUT2D eigenvalue weighted by molar-refractivity contribution is -0.143. The van der Waals surface area contributed by atoms with Crippen molar-refractivity contribution in [3.63, 3.8) is 0 Å². The Morgan fingerprint density at radius 2 is 1.75 bits per heavy atom. The average molecular weight is 437 g/mol. The number of amides is 2. The van der Waals surface area contributed by atoms with E-state index in [2.05, 4.69) is 12.2 Å². The van der Waals surface area contributed by atoms with Gasteiger partial charge in [0.1, 0.15) is 11.8 Å². The van der Waals surface area contributed by atoms with E-state index in [0.717, 1.165) is 43.2 Å². The van der Waals surface area contributed by atoms with Crippen molar-refractivity contribution >= 4 is 11.8 Å². The number of nitrogens with one attached hydrogen (secondary N) is 1. The summed E-state index contributed by atoms with van der Waals surface area (Å²) in [4.78, 5) is 28.2.